The fourth-order valence-corrected chi connectivity index (χ4v) is 3.34. The lowest BCUT2D eigenvalue weighted by atomic mass is 10.4. The number of fused-ring (bicyclic) bond motifs is 1. The third kappa shape index (κ3) is 2.18. The van der Waals surface area contributed by atoms with Crippen molar-refractivity contribution in [2.75, 3.05) is 0 Å². The second-order valence-corrected chi connectivity index (χ2v) is 6.14. The predicted molar refractivity (Wildman–Crippen MR) is 80.6 cm³/mol. The van der Waals surface area contributed by atoms with Gasteiger partial charge in [0.2, 0.25) is 5.89 Å². The zero-order chi connectivity index (χ0) is 14.2. The molecule has 0 saturated carbocycles. The average Bonchev–Trinajstić information content (AvgIpc) is 3.21. The molecule has 0 unspecified atom stereocenters. The van der Waals surface area contributed by atoms with Crippen LogP contribution in [0.1, 0.15) is 5.89 Å². The normalized spacial score (nSPS) is 11.2. The van der Waals surface area contributed by atoms with Gasteiger partial charge in [-0.15, -0.1) is 32.9 Å². The Morgan fingerprint density at radius 2 is 2.14 bits per heavy atom. The third-order valence-electron chi connectivity index (χ3n) is 2.95. The summed E-state index contributed by atoms with van der Waals surface area (Å²) in [6.45, 7) is 0.218. The summed E-state index contributed by atoms with van der Waals surface area (Å²) in [6.07, 6.45) is 1.51. The van der Waals surface area contributed by atoms with Crippen LogP contribution in [0.15, 0.2) is 44.5 Å². The number of aromatic nitrogens is 4. The Morgan fingerprint density at radius 3 is 3.00 bits per heavy atom. The highest BCUT2D eigenvalue weighted by atomic mass is 32.1. The van der Waals surface area contributed by atoms with Gasteiger partial charge in [0, 0.05) is 0 Å². The molecule has 0 aliphatic carbocycles. The van der Waals surface area contributed by atoms with Crippen LogP contribution in [0, 0.1) is 0 Å². The molecule has 8 heteroatoms. The largest absolute Gasteiger partial charge is 0.418 e. The Morgan fingerprint density at radius 1 is 1.19 bits per heavy atom. The standard InChI is InChI=1S/C13H8N4O2S2/c18-13-8-3-5-21-12(8)14-7-17(13)6-10-15-16-11(19-10)9-2-1-4-20-9/h1-5,7H,6H2. The fraction of sp³-hybridized carbons (Fsp3) is 0.0769. The highest BCUT2D eigenvalue weighted by Gasteiger charge is 2.12. The summed E-state index contributed by atoms with van der Waals surface area (Å²) in [4.78, 5) is 18.2. The Labute approximate surface area is 126 Å². The molecule has 0 amide bonds. The SMILES string of the molecule is O=c1c2ccsc2ncn1Cc1nnc(-c2cccs2)o1. The fourth-order valence-electron chi connectivity index (χ4n) is 1.97. The first kappa shape index (κ1) is 12.4. The Bertz CT molecular complexity index is 952. The molecule has 0 fully saturated rings. The first-order chi connectivity index (χ1) is 10.3. The van der Waals surface area contributed by atoms with E-state index in [-0.39, 0.29) is 12.1 Å². The van der Waals surface area contributed by atoms with Gasteiger partial charge in [0.15, 0.2) is 0 Å². The maximum Gasteiger partial charge on any atom is 0.262 e. The van der Waals surface area contributed by atoms with Crippen molar-refractivity contribution in [3.8, 4) is 10.8 Å². The molecule has 0 radical (unpaired) electrons. The molecular formula is C13H8N4O2S2. The van der Waals surface area contributed by atoms with E-state index in [4.69, 9.17) is 4.42 Å². The molecule has 0 aliphatic rings. The van der Waals surface area contributed by atoms with E-state index in [1.807, 2.05) is 22.9 Å². The summed E-state index contributed by atoms with van der Waals surface area (Å²) >= 11 is 2.97. The van der Waals surface area contributed by atoms with Gasteiger partial charge in [-0.05, 0) is 22.9 Å². The van der Waals surface area contributed by atoms with Crippen LogP contribution in [0.4, 0.5) is 0 Å². The number of hydrogen-bond donors (Lipinski definition) is 0. The Balaban J connectivity index is 1.68. The number of nitrogens with zero attached hydrogens (tertiary/aromatic N) is 4. The van der Waals surface area contributed by atoms with Gasteiger partial charge >= 0.3 is 0 Å². The van der Waals surface area contributed by atoms with Crippen molar-refractivity contribution in [3.63, 3.8) is 0 Å². The van der Waals surface area contributed by atoms with Crippen molar-refractivity contribution in [2.45, 2.75) is 6.54 Å². The summed E-state index contributed by atoms with van der Waals surface area (Å²) in [5, 5.41) is 12.4. The van der Waals surface area contributed by atoms with E-state index in [1.165, 1.54) is 33.6 Å². The second-order valence-electron chi connectivity index (χ2n) is 4.30. The molecule has 0 N–H and O–H groups in total. The van der Waals surface area contributed by atoms with Crippen LogP contribution in [-0.2, 0) is 6.54 Å². The Hall–Kier alpha value is -2.32. The molecule has 0 atom stereocenters. The van der Waals surface area contributed by atoms with E-state index in [2.05, 4.69) is 15.2 Å². The van der Waals surface area contributed by atoms with Gasteiger partial charge in [-0.2, -0.15) is 0 Å². The summed E-state index contributed by atoms with van der Waals surface area (Å²) in [5.41, 5.74) is -0.0999. The van der Waals surface area contributed by atoms with E-state index in [1.54, 1.807) is 6.07 Å². The van der Waals surface area contributed by atoms with Gasteiger partial charge in [-0.3, -0.25) is 9.36 Å². The number of thiophene rings is 2. The van der Waals surface area contributed by atoms with Crippen molar-refractivity contribution in [1.29, 1.82) is 0 Å². The maximum absolute atomic E-state index is 12.3. The molecule has 0 spiro atoms. The molecule has 4 aromatic rings. The lowest BCUT2D eigenvalue weighted by Crippen LogP contribution is -2.20. The van der Waals surface area contributed by atoms with Crippen molar-refractivity contribution in [1.82, 2.24) is 19.7 Å². The first-order valence-corrected chi connectivity index (χ1v) is 7.86. The minimum atomic E-state index is -0.0999. The molecular weight excluding hydrogens is 308 g/mol. The number of rotatable bonds is 3. The summed E-state index contributed by atoms with van der Waals surface area (Å²) in [6, 6.07) is 5.60. The molecule has 0 bridgehead atoms. The molecule has 4 rings (SSSR count). The van der Waals surface area contributed by atoms with E-state index >= 15 is 0 Å². The lowest BCUT2D eigenvalue weighted by Gasteiger charge is -2.00. The molecule has 21 heavy (non-hydrogen) atoms. The monoisotopic (exact) mass is 316 g/mol. The zero-order valence-corrected chi connectivity index (χ0v) is 12.2. The van der Waals surface area contributed by atoms with Crippen LogP contribution in [0.3, 0.4) is 0 Å². The van der Waals surface area contributed by atoms with Crippen LogP contribution < -0.4 is 5.56 Å². The smallest absolute Gasteiger partial charge is 0.262 e. The van der Waals surface area contributed by atoms with Gasteiger partial charge in [-0.25, -0.2) is 4.98 Å². The first-order valence-electron chi connectivity index (χ1n) is 6.10. The minimum absolute atomic E-state index is 0.0999. The van der Waals surface area contributed by atoms with Crippen LogP contribution >= 0.6 is 22.7 Å². The molecule has 6 nitrogen and oxygen atoms in total. The predicted octanol–water partition coefficient (Wildman–Crippen LogP) is 2.62. The summed E-state index contributed by atoms with van der Waals surface area (Å²) < 4.78 is 7.06. The van der Waals surface area contributed by atoms with Crippen LogP contribution in [0.25, 0.3) is 21.0 Å². The molecule has 104 valence electrons. The van der Waals surface area contributed by atoms with E-state index in [9.17, 15) is 4.79 Å². The van der Waals surface area contributed by atoms with Gasteiger partial charge < -0.3 is 4.42 Å². The molecule has 4 aromatic heterocycles. The van der Waals surface area contributed by atoms with Crippen LogP contribution in [0.2, 0.25) is 0 Å². The van der Waals surface area contributed by atoms with Gasteiger partial charge in [0.25, 0.3) is 11.4 Å². The molecule has 0 saturated heterocycles. The summed E-state index contributed by atoms with van der Waals surface area (Å²) in [5.74, 6) is 0.856. The van der Waals surface area contributed by atoms with Crippen molar-refractivity contribution < 1.29 is 4.42 Å². The molecule has 4 heterocycles. The molecule has 0 aromatic carbocycles. The van der Waals surface area contributed by atoms with Crippen LogP contribution in [-0.4, -0.2) is 19.7 Å². The van der Waals surface area contributed by atoms with E-state index in [0.717, 1.165) is 9.71 Å². The topological polar surface area (TPSA) is 73.8 Å². The average molecular weight is 316 g/mol. The second kappa shape index (κ2) is 4.90. The lowest BCUT2D eigenvalue weighted by molar-refractivity contribution is 0.484. The minimum Gasteiger partial charge on any atom is -0.418 e. The highest BCUT2D eigenvalue weighted by molar-refractivity contribution is 7.16. The van der Waals surface area contributed by atoms with Crippen molar-refractivity contribution >= 4 is 32.9 Å². The quantitative estimate of drug-likeness (QED) is 0.581. The molecule has 0 aliphatic heterocycles. The van der Waals surface area contributed by atoms with E-state index < -0.39 is 0 Å². The maximum atomic E-state index is 12.3. The highest BCUT2D eigenvalue weighted by Crippen LogP contribution is 2.23. The van der Waals surface area contributed by atoms with E-state index in [0.29, 0.717) is 17.2 Å². The van der Waals surface area contributed by atoms with Gasteiger partial charge in [0.05, 0.1) is 16.6 Å². The van der Waals surface area contributed by atoms with Crippen molar-refractivity contribution in [3.05, 3.63) is 51.5 Å². The van der Waals surface area contributed by atoms with Crippen LogP contribution in [0.5, 0.6) is 0 Å². The Kier molecular flexibility index (Phi) is 2.90. The number of hydrogen-bond acceptors (Lipinski definition) is 7. The van der Waals surface area contributed by atoms with Gasteiger partial charge in [-0.1, -0.05) is 6.07 Å². The zero-order valence-electron chi connectivity index (χ0n) is 10.6. The van der Waals surface area contributed by atoms with Gasteiger partial charge in [0.1, 0.15) is 11.4 Å². The van der Waals surface area contributed by atoms with Crippen molar-refractivity contribution in [2.24, 2.45) is 0 Å². The third-order valence-corrected chi connectivity index (χ3v) is 4.63. The summed E-state index contributed by atoms with van der Waals surface area (Å²) in [7, 11) is 0.